The Morgan fingerprint density at radius 1 is 1.22 bits per heavy atom. The van der Waals surface area contributed by atoms with E-state index < -0.39 is 6.17 Å². The molecule has 2 aliphatic heterocycles. The first-order chi connectivity index (χ1) is 8.74. The standard InChI is InChI=1S/C11H9N5O2/c17-8-6-9(18)16(15-8)11-12-10(13-14-11)7-4-2-1-3-5-7/h1-5,10H,6H2,(H,15,17)/t10-/m0/s1. The van der Waals surface area contributed by atoms with Crippen LogP contribution in [0.2, 0.25) is 0 Å². The van der Waals surface area contributed by atoms with E-state index in [0.717, 1.165) is 10.6 Å². The number of carbonyl (C=O) groups excluding carboxylic acids is 2. The fraction of sp³-hybridized carbons (Fsp3) is 0.182. The van der Waals surface area contributed by atoms with Crippen molar-refractivity contribution >= 4 is 17.8 Å². The van der Waals surface area contributed by atoms with Crippen molar-refractivity contribution in [3.8, 4) is 0 Å². The molecule has 0 spiro atoms. The second-order valence-electron chi connectivity index (χ2n) is 3.87. The zero-order valence-electron chi connectivity index (χ0n) is 9.28. The highest BCUT2D eigenvalue weighted by Crippen LogP contribution is 2.24. The van der Waals surface area contributed by atoms with Crippen LogP contribution in [-0.2, 0) is 9.59 Å². The molecule has 18 heavy (non-hydrogen) atoms. The molecule has 1 fully saturated rings. The van der Waals surface area contributed by atoms with Gasteiger partial charge >= 0.3 is 0 Å². The summed E-state index contributed by atoms with van der Waals surface area (Å²) in [5.74, 6) is -0.604. The molecule has 1 saturated heterocycles. The minimum atomic E-state index is -0.452. The number of amides is 2. The first-order valence-corrected chi connectivity index (χ1v) is 5.40. The topological polar surface area (TPSA) is 86.5 Å². The number of nitrogens with one attached hydrogen (secondary N) is 1. The first kappa shape index (κ1) is 10.6. The molecule has 2 amide bonds. The fourth-order valence-corrected chi connectivity index (χ4v) is 1.74. The molecule has 0 saturated carbocycles. The van der Waals surface area contributed by atoms with E-state index in [-0.39, 0.29) is 24.2 Å². The molecule has 1 aromatic rings. The Morgan fingerprint density at radius 3 is 2.67 bits per heavy atom. The second kappa shape index (κ2) is 4.02. The molecule has 0 aliphatic carbocycles. The van der Waals surface area contributed by atoms with Gasteiger partial charge in [-0.25, -0.2) is 4.99 Å². The molecule has 0 unspecified atom stereocenters. The maximum Gasteiger partial charge on any atom is 0.269 e. The van der Waals surface area contributed by atoms with E-state index in [1.807, 2.05) is 30.3 Å². The first-order valence-electron chi connectivity index (χ1n) is 5.40. The summed E-state index contributed by atoms with van der Waals surface area (Å²) in [6.07, 6.45) is -0.628. The van der Waals surface area contributed by atoms with Gasteiger partial charge in [0.25, 0.3) is 11.9 Å². The van der Waals surface area contributed by atoms with Gasteiger partial charge in [-0.15, -0.1) is 5.11 Å². The van der Waals surface area contributed by atoms with Crippen molar-refractivity contribution in [2.45, 2.75) is 12.6 Å². The molecule has 0 radical (unpaired) electrons. The molecule has 3 rings (SSSR count). The van der Waals surface area contributed by atoms with Crippen molar-refractivity contribution in [1.29, 1.82) is 0 Å². The van der Waals surface area contributed by atoms with Crippen molar-refractivity contribution in [1.82, 2.24) is 10.4 Å². The van der Waals surface area contributed by atoms with Crippen molar-refractivity contribution < 1.29 is 9.59 Å². The van der Waals surface area contributed by atoms with E-state index in [0.29, 0.717) is 0 Å². The molecule has 0 bridgehead atoms. The Morgan fingerprint density at radius 2 is 2.00 bits per heavy atom. The van der Waals surface area contributed by atoms with Gasteiger partial charge in [0.2, 0.25) is 5.91 Å². The average Bonchev–Trinajstić information content (AvgIpc) is 2.97. The fourth-order valence-electron chi connectivity index (χ4n) is 1.74. The Hall–Kier alpha value is -2.57. The number of hydrazine groups is 1. The molecule has 7 heteroatoms. The van der Waals surface area contributed by atoms with E-state index in [1.54, 1.807) is 0 Å². The number of hydrogen-bond acceptors (Lipinski definition) is 5. The van der Waals surface area contributed by atoms with Crippen LogP contribution in [0.3, 0.4) is 0 Å². The Kier molecular flexibility index (Phi) is 2.36. The highest BCUT2D eigenvalue weighted by molar-refractivity contribution is 6.10. The van der Waals surface area contributed by atoms with Crippen molar-refractivity contribution in [3.05, 3.63) is 35.9 Å². The van der Waals surface area contributed by atoms with E-state index in [9.17, 15) is 9.59 Å². The van der Waals surface area contributed by atoms with E-state index in [2.05, 4.69) is 20.6 Å². The van der Waals surface area contributed by atoms with Crippen molar-refractivity contribution in [2.24, 2.45) is 15.2 Å². The average molecular weight is 243 g/mol. The molecule has 1 N–H and O–H groups in total. The van der Waals surface area contributed by atoms with E-state index in [1.165, 1.54) is 0 Å². The summed E-state index contributed by atoms with van der Waals surface area (Å²) in [7, 11) is 0. The number of nitrogens with zero attached hydrogens (tertiary/aromatic N) is 4. The molecule has 0 aromatic heterocycles. The van der Waals surface area contributed by atoms with Crippen LogP contribution in [0, 0.1) is 0 Å². The monoisotopic (exact) mass is 243 g/mol. The number of benzene rings is 1. The van der Waals surface area contributed by atoms with Gasteiger partial charge in [0, 0.05) is 5.56 Å². The van der Waals surface area contributed by atoms with Gasteiger partial charge in [-0.2, -0.15) is 10.1 Å². The predicted molar refractivity (Wildman–Crippen MR) is 61.1 cm³/mol. The Balaban J connectivity index is 1.83. The summed E-state index contributed by atoms with van der Waals surface area (Å²) in [6.45, 7) is 0. The van der Waals surface area contributed by atoms with Gasteiger partial charge in [0.15, 0.2) is 6.17 Å². The summed E-state index contributed by atoms with van der Waals surface area (Å²) < 4.78 is 0. The third-order valence-corrected chi connectivity index (χ3v) is 2.59. The number of azo groups is 1. The largest absolute Gasteiger partial charge is 0.273 e. The van der Waals surface area contributed by atoms with Crippen LogP contribution in [0.15, 0.2) is 45.6 Å². The SMILES string of the molecule is O=C1CC(=O)N(C2=N[C@H](c3ccccc3)N=N2)N1. The summed E-state index contributed by atoms with van der Waals surface area (Å²) in [5, 5.41) is 8.83. The number of guanidine groups is 1. The lowest BCUT2D eigenvalue weighted by Gasteiger charge is -2.10. The molecule has 2 heterocycles. The van der Waals surface area contributed by atoms with Gasteiger partial charge in [-0.1, -0.05) is 30.3 Å². The number of hydrogen-bond donors (Lipinski definition) is 1. The maximum atomic E-state index is 11.5. The van der Waals surface area contributed by atoms with E-state index >= 15 is 0 Å². The number of rotatable bonds is 1. The van der Waals surface area contributed by atoms with Crippen LogP contribution in [-0.4, -0.2) is 22.8 Å². The van der Waals surface area contributed by atoms with Gasteiger partial charge < -0.3 is 0 Å². The lowest BCUT2D eigenvalue weighted by Crippen LogP contribution is -2.39. The third-order valence-electron chi connectivity index (χ3n) is 2.59. The van der Waals surface area contributed by atoms with Crippen LogP contribution in [0.1, 0.15) is 18.2 Å². The summed E-state index contributed by atoms with van der Waals surface area (Å²) >= 11 is 0. The quantitative estimate of drug-likeness (QED) is 0.738. The van der Waals surface area contributed by atoms with Crippen LogP contribution < -0.4 is 5.43 Å². The minimum absolute atomic E-state index is 0.125. The Labute approximate surface area is 102 Å². The van der Waals surface area contributed by atoms with Crippen LogP contribution in [0.25, 0.3) is 0 Å². The summed E-state index contributed by atoms with van der Waals surface area (Å²) in [6, 6.07) is 9.40. The van der Waals surface area contributed by atoms with Crippen molar-refractivity contribution in [2.75, 3.05) is 0 Å². The molecule has 2 aliphatic rings. The highest BCUT2D eigenvalue weighted by atomic mass is 16.2. The lowest BCUT2D eigenvalue weighted by atomic mass is 10.2. The summed E-state index contributed by atoms with van der Waals surface area (Å²) in [5.41, 5.74) is 3.26. The van der Waals surface area contributed by atoms with Gasteiger partial charge in [0.1, 0.15) is 6.42 Å². The van der Waals surface area contributed by atoms with Crippen LogP contribution >= 0.6 is 0 Å². The number of carbonyl (C=O) groups is 2. The zero-order valence-corrected chi connectivity index (χ0v) is 9.28. The van der Waals surface area contributed by atoms with Crippen LogP contribution in [0.5, 0.6) is 0 Å². The molecule has 1 aromatic carbocycles. The normalized spacial score (nSPS) is 22.3. The van der Waals surface area contributed by atoms with Crippen LogP contribution in [0.4, 0.5) is 0 Å². The molecule has 90 valence electrons. The van der Waals surface area contributed by atoms with Gasteiger partial charge in [-0.3, -0.25) is 15.0 Å². The smallest absolute Gasteiger partial charge is 0.269 e. The van der Waals surface area contributed by atoms with Gasteiger partial charge in [0.05, 0.1) is 0 Å². The third kappa shape index (κ3) is 1.75. The van der Waals surface area contributed by atoms with E-state index in [4.69, 9.17) is 0 Å². The highest BCUT2D eigenvalue weighted by Gasteiger charge is 2.33. The Bertz CT molecular complexity index is 566. The van der Waals surface area contributed by atoms with Crippen molar-refractivity contribution in [3.63, 3.8) is 0 Å². The maximum absolute atomic E-state index is 11.5. The molecule has 1 atom stereocenters. The second-order valence-corrected chi connectivity index (χ2v) is 3.87. The minimum Gasteiger partial charge on any atom is -0.273 e. The molecule has 7 nitrogen and oxygen atoms in total. The number of aliphatic imine (C=N–C) groups is 1. The predicted octanol–water partition coefficient (Wildman–Crippen LogP) is 0.770. The molecular weight excluding hydrogens is 234 g/mol. The lowest BCUT2D eigenvalue weighted by molar-refractivity contribution is -0.125. The summed E-state index contributed by atoms with van der Waals surface area (Å²) in [4.78, 5) is 26.7. The zero-order chi connectivity index (χ0) is 12.5. The molecular formula is C11H9N5O2. The van der Waals surface area contributed by atoms with Gasteiger partial charge in [-0.05, 0) is 0 Å².